The summed E-state index contributed by atoms with van der Waals surface area (Å²) in [5.74, 6) is 0. The number of oxazole rings is 1. The van der Waals surface area contributed by atoms with Crippen molar-refractivity contribution in [1.82, 2.24) is 4.98 Å². The Labute approximate surface area is 82.8 Å². The van der Waals surface area contributed by atoms with E-state index in [2.05, 4.69) is 29.4 Å². The van der Waals surface area contributed by atoms with E-state index in [0.717, 1.165) is 11.3 Å². The summed E-state index contributed by atoms with van der Waals surface area (Å²) in [4.78, 5) is 4.26. The lowest BCUT2D eigenvalue weighted by molar-refractivity contribution is 0.576. The molecule has 0 fully saturated rings. The number of anilines is 1. The highest BCUT2D eigenvalue weighted by Gasteiger charge is 2.03. The number of aryl methyl sites for hydroxylation is 1. The van der Waals surface area contributed by atoms with Crippen molar-refractivity contribution in [3.8, 4) is 11.3 Å². The fourth-order valence-corrected chi connectivity index (χ4v) is 1.33. The molecule has 0 aliphatic rings. The largest absolute Gasteiger partial charge is 0.432 e. The fourth-order valence-electron chi connectivity index (χ4n) is 1.33. The highest BCUT2D eigenvalue weighted by atomic mass is 16.4. The first kappa shape index (κ1) is 8.81. The molecule has 0 aliphatic carbocycles. The van der Waals surface area contributed by atoms with Crippen LogP contribution in [0.2, 0.25) is 0 Å². The Balaban J connectivity index is 2.39. The van der Waals surface area contributed by atoms with Crippen molar-refractivity contribution in [1.29, 1.82) is 0 Å². The molecule has 0 bridgehead atoms. The van der Waals surface area contributed by atoms with Gasteiger partial charge in [-0.2, -0.15) is 4.98 Å². The first-order chi connectivity index (χ1) is 6.79. The predicted molar refractivity (Wildman–Crippen MR) is 56.2 cm³/mol. The Hall–Kier alpha value is -1.77. The van der Waals surface area contributed by atoms with Gasteiger partial charge in [0.25, 0.3) is 6.01 Å². The molecular formula is C11H12N2O. The quantitative estimate of drug-likeness (QED) is 0.787. The molecule has 3 nitrogen and oxygen atoms in total. The minimum Gasteiger partial charge on any atom is -0.432 e. The van der Waals surface area contributed by atoms with Crippen LogP contribution in [0.4, 0.5) is 6.01 Å². The molecule has 0 saturated carbocycles. The molecule has 0 saturated heterocycles. The maximum absolute atomic E-state index is 5.19. The van der Waals surface area contributed by atoms with Crippen LogP contribution in [0.1, 0.15) is 5.56 Å². The molecule has 1 N–H and O–H groups in total. The topological polar surface area (TPSA) is 38.1 Å². The van der Waals surface area contributed by atoms with Crippen LogP contribution in [0.25, 0.3) is 11.3 Å². The minimum atomic E-state index is 0.543. The summed E-state index contributed by atoms with van der Waals surface area (Å²) < 4.78 is 5.19. The van der Waals surface area contributed by atoms with E-state index in [1.54, 1.807) is 13.3 Å². The van der Waals surface area contributed by atoms with Gasteiger partial charge in [-0.25, -0.2) is 0 Å². The van der Waals surface area contributed by atoms with Crippen LogP contribution in [-0.4, -0.2) is 12.0 Å². The van der Waals surface area contributed by atoms with E-state index in [4.69, 9.17) is 4.42 Å². The van der Waals surface area contributed by atoms with Crippen molar-refractivity contribution in [3.63, 3.8) is 0 Å². The number of aromatic nitrogens is 1. The first-order valence-electron chi connectivity index (χ1n) is 4.50. The zero-order valence-electron chi connectivity index (χ0n) is 8.24. The molecule has 14 heavy (non-hydrogen) atoms. The smallest absolute Gasteiger partial charge is 0.294 e. The second-order valence-corrected chi connectivity index (χ2v) is 3.16. The van der Waals surface area contributed by atoms with Gasteiger partial charge in [0, 0.05) is 12.6 Å². The van der Waals surface area contributed by atoms with Gasteiger partial charge in [0.05, 0.1) is 0 Å². The second-order valence-electron chi connectivity index (χ2n) is 3.16. The average molecular weight is 188 g/mol. The van der Waals surface area contributed by atoms with E-state index in [1.807, 2.05) is 12.1 Å². The van der Waals surface area contributed by atoms with Gasteiger partial charge in [-0.05, 0) is 13.0 Å². The number of nitrogens with one attached hydrogen (secondary N) is 1. The Morgan fingerprint density at radius 2 is 2.21 bits per heavy atom. The van der Waals surface area contributed by atoms with Crippen molar-refractivity contribution < 1.29 is 4.42 Å². The molecule has 1 aromatic carbocycles. The summed E-state index contributed by atoms with van der Waals surface area (Å²) in [7, 11) is 1.78. The molecule has 0 atom stereocenters. The summed E-state index contributed by atoms with van der Waals surface area (Å²) in [6, 6.07) is 8.71. The molecule has 0 aliphatic heterocycles. The Morgan fingerprint density at radius 1 is 1.36 bits per heavy atom. The number of rotatable bonds is 2. The lowest BCUT2D eigenvalue weighted by Gasteiger charge is -1.96. The lowest BCUT2D eigenvalue weighted by Crippen LogP contribution is -1.87. The van der Waals surface area contributed by atoms with Gasteiger partial charge in [-0.3, -0.25) is 0 Å². The van der Waals surface area contributed by atoms with E-state index < -0.39 is 0 Å². The maximum atomic E-state index is 5.19. The van der Waals surface area contributed by atoms with Crippen molar-refractivity contribution in [2.75, 3.05) is 12.4 Å². The van der Waals surface area contributed by atoms with Gasteiger partial charge in [-0.15, -0.1) is 0 Å². The summed E-state index contributed by atoms with van der Waals surface area (Å²) in [5, 5.41) is 2.85. The van der Waals surface area contributed by atoms with Crippen LogP contribution in [0.15, 0.2) is 34.9 Å². The Morgan fingerprint density at radius 3 is 2.86 bits per heavy atom. The van der Waals surface area contributed by atoms with Crippen LogP contribution < -0.4 is 5.32 Å². The summed E-state index contributed by atoms with van der Waals surface area (Å²) >= 11 is 0. The van der Waals surface area contributed by atoms with Gasteiger partial charge < -0.3 is 9.73 Å². The summed E-state index contributed by atoms with van der Waals surface area (Å²) in [6.45, 7) is 2.06. The van der Waals surface area contributed by atoms with Gasteiger partial charge in [0.2, 0.25) is 0 Å². The average Bonchev–Trinajstić information content (AvgIpc) is 2.66. The van der Waals surface area contributed by atoms with Crippen molar-refractivity contribution in [3.05, 3.63) is 36.1 Å². The summed E-state index contributed by atoms with van der Waals surface area (Å²) in [5.41, 5.74) is 3.16. The number of benzene rings is 1. The zero-order valence-corrected chi connectivity index (χ0v) is 8.24. The number of nitrogens with zero attached hydrogens (tertiary/aromatic N) is 1. The maximum Gasteiger partial charge on any atom is 0.294 e. The standard InChI is InChI=1S/C11H12N2O/c1-8-4-3-5-9(6-8)10-7-14-11(12-2)13-10/h3-7H,1-2H3,(H,12,13). The molecule has 72 valence electrons. The number of hydrogen-bond acceptors (Lipinski definition) is 3. The fraction of sp³-hybridized carbons (Fsp3) is 0.182. The third-order valence-electron chi connectivity index (χ3n) is 2.03. The molecule has 2 rings (SSSR count). The highest BCUT2D eigenvalue weighted by Crippen LogP contribution is 2.20. The third kappa shape index (κ3) is 1.62. The van der Waals surface area contributed by atoms with Crippen LogP contribution >= 0.6 is 0 Å². The molecule has 2 aromatic rings. The van der Waals surface area contributed by atoms with E-state index in [1.165, 1.54) is 5.56 Å². The highest BCUT2D eigenvalue weighted by molar-refractivity contribution is 5.60. The normalized spacial score (nSPS) is 10.1. The van der Waals surface area contributed by atoms with Crippen LogP contribution in [0.5, 0.6) is 0 Å². The molecule has 0 amide bonds. The molecule has 0 radical (unpaired) electrons. The third-order valence-corrected chi connectivity index (χ3v) is 2.03. The molecule has 1 heterocycles. The Kier molecular flexibility index (Phi) is 2.23. The van der Waals surface area contributed by atoms with Crippen molar-refractivity contribution in [2.24, 2.45) is 0 Å². The molecular weight excluding hydrogens is 176 g/mol. The van der Waals surface area contributed by atoms with Crippen LogP contribution in [0.3, 0.4) is 0 Å². The van der Waals surface area contributed by atoms with Gasteiger partial charge in [0.15, 0.2) is 0 Å². The first-order valence-corrected chi connectivity index (χ1v) is 4.50. The van der Waals surface area contributed by atoms with Crippen LogP contribution in [0, 0.1) is 6.92 Å². The van der Waals surface area contributed by atoms with E-state index in [-0.39, 0.29) is 0 Å². The van der Waals surface area contributed by atoms with Gasteiger partial charge >= 0.3 is 0 Å². The molecule has 0 unspecified atom stereocenters. The number of hydrogen-bond donors (Lipinski definition) is 1. The van der Waals surface area contributed by atoms with Crippen LogP contribution in [-0.2, 0) is 0 Å². The molecule has 0 spiro atoms. The van der Waals surface area contributed by atoms with E-state index >= 15 is 0 Å². The molecule has 1 aromatic heterocycles. The van der Waals surface area contributed by atoms with Crippen molar-refractivity contribution >= 4 is 6.01 Å². The minimum absolute atomic E-state index is 0.543. The Bertz CT molecular complexity index is 434. The zero-order chi connectivity index (χ0) is 9.97. The van der Waals surface area contributed by atoms with E-state index in [0.29, 0.717) is 6.01 Å². The van der Waals surface area contributed by atoms with E-state index in [9.17, 15) is 0 Å². The van der Waals surface area contributed by atoms with Gasteiger partial charge in [-0.1, -0.05) is 23.8 Å². The van der Waals surface area contributed by atoms with Crippen molar-refractivity contribution in [2.45, 2.75) is 6.92 Å². The monoisotopic (exact) mass is 188 g/mol. The summed E-state index contributed by atoms with van der Waals surface area (Å²) in [6.07, 6.45) is 1.65. The lowest BCUT2D eigenvalue weighted by atomic mass is 10.1. The SMILES string of the molecule is CNc1nc(-c2cccc(C)c2)co1. The molecule has 3 heteroatoms. The second kappa shape index (κ2) is 3.54. The predicted octanol–water partition coefficient (Wildman–Crippen LogP) is 2.69. The van der Waals surface area contributed by atoms with Gasteiger partial charge in [0.1, 0.15) is 12.0 Å².